The first-order valence-electron chi connectivity index (χ1n) is 5.49. The third kappa shape index (κ3) is 4.34. The van der Waals surface area contributed by atoms with Crippen LogP contribution in [0, 0.1) is 6.92 Å². The number of benzene rings is 1. The highest BCUT2D eigenvalue weighted by Crippen LogP contribution is 2.22. The van der Waals surface area contributed by atoms with Crippen LogP contribution in [0.2, 0.25) is 0 Å². The lowest BCUT2D eigenvalue weighted by Gasteiger charge is -2.19. The van der Waals surface area contributed by atoms with Gasteiger partial charge in [-0.05, 0) is 39.8 Å². The van der Waals surface area contributed by atoms with Crippen LogP contribution in [0.5, 0.6) is 5.75 Å². The Hall–Kier alpha value is -1.71. The molecule has 0 radical (unpaired) electrons. The summed E-state index contributed by atoms with van der Waals surface area (Å²) in [7, 11) is 0. The monoisotopic (exact) mass is 237 g/mol. The van der Waals surface area contributed by atoms with Crippen molar-refractivity contribution in [2.75, 3.05) is 12.3 Å². The number of carbonyl (C=O) groups excluding carboxylic acids is 1. The van der Waals surface area contributed by atoms with Gasteiger partial charge in [0.25, 0.3) is 0 Å². The fraction of sp³-hybridized carbons (Fsp3) is 0.462. The Morgan fingerprint density at radius 1 is 1.35 bits per heavy atom. The molecule has 0 aliphatic heterocycles. The van der Waals surface area contributed by atoms with Crippen LogP contribution in [0.1, 0.15) is 26.3 Å². The van der Waals surface area contributed by atoms with Crippen LogP contribution in [-0.4, -0.2) is 18.2 Å². The quantitative estimate of drug-likeness (QED) is 0.647. The molecular formula is C13H19NO3. The zero-order valence-corrected chi connectivity index (χ0v) is 10.7. The van der Waals surface area contributed by atoms with Gasteiger partial charge >= 0.3 is 5.97 Å². The van der Waals surface area contributed by atoms with Gasteiger partial charge in [-0.15, -0.1) is 0 Å². The summed E-state index contributed by atoms with van der Waals surface area (Å²) in [5.74, 6) is 0.218. The lowest BCUT2D eigenvalue weighted by molar-refractivity contribution is -0.157. The summed E-state index contributed by atoms with van der Waals surface area (Å²) >= 11 is 0. The van der Waals surface area contributed by atoms with Gasteiger partial charge in [-0.1, -0.05) is 6.07 Å². The number of anilines is 1. The van der Waals surface area contributed by atoms with Gasteiger partial charge in [-0.2, -0.15) is 0 Å². The minimum atomic E-state index is -0.495. The predicted octanol–water partition coefficient (Wildman–Crippen LogP) is 2.30. The van der Waals surface area contributed by atoms with Crippen molar-refractivity contribution in [3.8, 4) is 5.75 Å². The number of rotatable bonds is 3. The van der Waals surface area contributed by atoms with Gasteiger partial charge in [-0.3, -0.25) is 0 Å². The zero-order chi connectivity index (χ0) is 13.1. The standard InChI is InChI=1S/C13H19NO3/c1-9-10(14)6-5-7-11(9)16-8-12(15)17-13(2,3)4/h5-7H,8,14H2,1-4H3. The van der Waals surface area contributed by atoms with Gasteiger partial charge in [-0.25, -0.2) is 4.79 Å². The number of carbonyl (C=O) groups is 1. The molecule has 0 bridgehead atoms. The van der Waals surface area contributed by atoms with Crippen molar-refractivity contribution in [3.63, 3.8) is 0 Å². The molecule has 0 atom stereocenters. The molecule has 0 spiro atoms. The molecule has 0 amide bonds. The van der Waals surface area contributed by atoms with Crippen LogP contribution in [0.15, 0.2) is 18.2 Å². The summed E-state index contributed by atoms with van der Waals surface area (Å²) in [4.78, 5) is 11.4. The molecule has 1 rings (SSSR count). The summed E-state index contributed by atoms with van der Waals surface area (Å²) in [6.07, 6.45) is 0. The third-order valence-electron chi connectivity index (χ3n) is 2.09. The maximum Gasteiger partial charge on any atom is 0.344 e. The molecule has 0 aromatic heterocycles. The Kier molecular flexibility index (Phi) is 3.99. The molecule has 94 valence electrons. The molecule has 1 aromatic rings. The molecule has 1 aromatic carbocycles. The first kappa shape index (κ1) is 13.4. The number of nitrogen functional groups attached to an aromatic ring is 1. The highest BCUT2D eigenvalue weighted by molar-refractivity contribution is 5.71. The number of hydrogen-bond donors (Lipinski definition) is 1. The van der Waals surface area contributed by atoms with E-state index in [1.807, 2.05) is 27.7 Å². The summed E-state index contributed by atoms with van der Waals surface area (Å²) in [5.41, 5.74) is 6.71. The van der Waals surface area contributed by atoms with Crippen molar-refractivity contribution in [2.24, 2.45) is 0 Å². The molecule has 0 saturated heterocycles. The molecule has 17 heavy (non-hydrogen) atoms. The van der Waals surface area contributed by atoms with Crippen molar-refractivity contribution < 1.29 is 14.3 Å². The lowest BCUT2D eigenvalue weighted by atomic mass is 10.2. The van der Waals surface area contributed by atoms with E-state index in [0.717, 1.165) is 5.56 Å². The smallest absolute Gasteiger partial charge is 0.344 e. The van der Waals surface area contributed by atoms with Crippen LogP contribution >= 0.6 is 0 Å². The molecule has 0 saturated carbocycles. The molecular weight excluding hydrogens is 218 g/mol. The first-order valence-corrected chi connectivity index (χ1v) is 5.49. The molecule has 0 unspecified atom stereocenters. The van der Waals surface area contributed by atoms with E-state index < -0.39 is 5.60 Å². The third-order valence-corrected chi connectivity index (χ3v) is 2.09. The lowest BCUT2D eigenvalue weighted by Crippen LogP contribution is -2.27. The highest BCUT2D eigenvalue weighted by Gasteiger charge is 2.16. The molecule has 4 heteroatoms. The largest absolute Gasteiger partial charge is 0.482 e. The van der Waals surface area contributed by atoms with Crippen molar-refractivity contribution in [1.82, 2.24) is 0 Å². The van der Waals surface area contributed by atoms with E-state index in [4.69, 9.17) is 15.2 Å². The molecule has 0 heterocycles. The topological polar surface area (TPSA) is 61.5 Å². The normalized spacial score (nSPS) is 11.1. The number of esters is 1. The summed E-state index contributed by atoms with van der Waals surface area (Å²) in [6.45, 7) is 7.19. The SMILES string of the molecule is Cc1c(N)cccc1OCC(=O)OC(C)(C)C. The Bertz CT molecular complexity index is 408. The van der Waals surface area contributed by atoms with E-state index in [1.54, 1.807) is 18.2 Å². The maximum absolute atomic E-state index is 11.4. The summed E-state index contributed by atoms with van der Waals surface area (Å²) < 4.78 is 10.5. The Labute approximate surface area is 102 Å². The highest BCUT2D eigenvalue weighted by atomic mass is 16.6. The van der Waals surface area contributed by atoms with Gasteiger partial charge in [0, 0.05) is 11.3 Å². The zero-order valence-electron chi connectivity index (χ0n) is 10.7. The molecule has 0 fully saturated rings. The van der Waals surface area contributed by atoms with Gasteiger partial charge in [0.1, 0.15) is 11.4 Å². The Morgan fingerprint density at radius 2 is 2.00 bits per heavy atom. The van der Waals surface area contributed by atoms with Crippen LogP contribution in [0.4, 0.5) is 5.69 Å². The van der Waals surface area contributed by atoms with E-state index in [9.17, 15) is 4.79 Å². The average molecular weight is 237 g/mol. The van der Waals surface area contributed by atoms with Crippen molar-refractivity contribution >= 4 is 11.7 Å². The summed E-state index contributed by atoms with van der Waals surface area (Å²) in [6, 6.07) is 5.35. The van der Waals surface area contributed by atoms with E-state index in [0.29, 0.717) is 11.4 Å². The number of nitrogens with two attached hydrogens (primary N) is 1. The second-order valence-electron chi connectivity index (χ2n) is 4.85. The van der Waals surface area contributed by atoms with E-state index in [1.165, 1.54) is 0 Å². The molecule has 4 nitrogen and oxygen atoms in total. The Morgan fingerprint density at radius 3 is 2.59 bits per heavy atom. The Balaban J connectivity index is 2.56. The molecule has 2 N–H and O–H groups in total. The molecule has 0 aliphatic carbocycles. The maximum atomic E-state index is 11.4. The predicted molar refractivity (Wildman–Crippen MR) is 66.9 cm³/mol. The van der Waals surface area contributed by atoms with E-state index >= 15 is 0 Å². The average Bonchev–Trinajstić information content (AvgIpc) is 2.18. The van der Waals surface area contributed by atoms with Gasteiger partial charge in [0.05, 0.1) is 0 Å². The van der Waals surface area contributed by atoms with Crippen molar-refractivity contribution in [2.45, 2.75) is 33.3 Å². The van der Waals surface area contributed by atoms with Crippen molar-refractivity contribution in [1.29, 1.82) is 0 Å². The van der Waals surface area contributed by atoms with Crippen LogP contribution in [0.3, 0.4) is 0 Å². The van der Waals surface area contributed by atoms with Crippen LogP contribution < -0.4 is 10.5 Å². The van der Waals surface area contributed by atoms with E-state index in [-0.39, 0.29) is 12.6 Å². The van der Waals surface area contributed by atoms with Crippen LogP contribution in [-0.2, 0) is 9.53 Å². The van der Waals surface area contributed by atoms with Gasteiger partial charge in [0.2, 0.25) is 0 Å². The van der Waals surface area contributed by atoms with E-state index in [2.05, 4.69) is 0 Å². The fourth-order valence-electron chi connectivity index (χ4n) is 1.30. The fourth-order valence-corrected chi connectivity index (χ4v) is 1.30. The van der Waals surface area contributed by atoms with Crippen molar-refractivity contribution in [3.05, 3.63) is 23.8 Å². The second kappa shape index (κ2) is 5.08. The molecule has 0 aliphatic rings. The minimum Gasteiger partial charge on any atom is -0.482 e. The van der Waals surface area contributed by atoms with Crippen LogP contribution in [0.25, 0.3) is 0 Å². The van der Waals surface area contributed by atoms with Gasteiger partial charge < -0.3 is 15.2 Å². The second-order valence-corrected chi connectivity index (χ2v) is 4.85. The van der Waals surface area contributed by atoms with Gasteiger partial charge in [0.15, 0.2) is 6.61 Å². The number of hydrogen-bond acceptors (Lipinski definition) is 4. The number of ether oxygens (including phenoxy) is 2. The summed E-state index contributed by atoms with van der Waals surface area (Å²) in [5, 5.41) is 0. The minimum absolute atomic E-state index is 0.110. The first-order chi connectivity index (χ1) is 7.79.